The summed E-state index contributed by atoms with van der Waals surface area (Å²) >= 11 is 5.70. The van der Waals surface area contributed by atoms with Gasteiger partial charge in [-0.2, -0.15) is 0 Å². The maximum absolute atomic E-state index is 11.9. The summed E-state index contributed by atoms with van der Waals surface area (Å²) in [5, 5.41) is 15.9. The number of amides is 2. The van der Waals surface area contributed by atoms with Gasteiger partial charge in [-0.1, -0.05) is 30.9 Å². The Hall–Kier alpha value is -2.68. The van der Waals surface area contributed by atoms with E-state index < -0.39 is 23.4 Å². The summed E-state index contributed by atoms with van der Waals surface area (Å²) in [5.41, 5.74) is -0.432. The Morgan fingerprint density at radius 2 is 1.93 bits per heavy atom. The predicted octanol–water partition coefficient (Wildman–Crippen LogP) is 2.43. The average molecular weight is 398 g/mol. The van der Waals surface area contributed by atoms with Crippen molar-refractivity contribution < 1.29 is 24.0 Å². The lowest BCUT2D eigenvalue weighted by Crippen LogP contribution is -2.36. The van der Waals surface area contributed by atoms with E-state index >= 15 is 0 Å². The monoisotopic (exact) mass is 397 g/mol. The number of nitro benzene ring substituents is 1. The fourth-order valence-electron chi connectivity index (χ4n) is 2.81. The molecule has 0 atom stereocenters. The Kier molecular flexibility index (Phi) is 7.54. The molecule has 0 saturated heterocycles. The molecule has 1 aliphatic rings. The van der Waals surface area contributed by atoms with Crippen LogP contribution in [0.3, 0.4) is 0 Å². The molecule has 146 valence electrons. The first-order valence-electron chi connectivity index (χ1n) is 8.54. The van der Waals surface area contributed by atoms with Crippen molar-refractivity contribution in [3.05, 3.63) is 33.3 Å². The lowest BCUT2D eigenvalue weighted by Gasteiger charge is -2.20. The summed E-state index contributed by atoms with van der Waals surface area (Å²) in [6.07, 6.45) is 4.73. The molecule has 1 aliphatic carbocycles. The lowest BCUT2D eigenvalue weighted by molar-refractivity contribution is -0.383. The highest BCUT2D eigenvalue weighted by Gasteiger charge is 2.22. The standard InChI is InChI=1S/C17H20ClN3O6/c18-12-6-7-13(14(8-12)21(25)26)20-15(22)10-27-16(23)9-19-17(24)11-4-2-1-3-5-11/h6-8,11H,1-5,9-10H2,(H,19,24)(H,20,22). The molecule has 0 unspecified atom stereocenters. The molecule has 1 saturated carbocycles. The summed E-state index contributed by atoms with van der Waals surface area (Å²) in [4.78, 5) is 45.7. The van der Waals surface area contributed by atoms with Gasteiger partial charge < -0.3 is 15.4 Å². The van der Waals surface area contributed by atoms with Gasteiger partial charge in [-0.05, 0) is 25.0 Å². The molecule has 0 radical (unpaired) electrons. The second kappa shape index (κ2) is 9.86. The van der Waals surface area contributed by atoms with Crippen molar-refractivity contribution in [1.82, 2.24) is 5.32 Å². The number of esters is 1. The molecule has 1 fully saturated rings. The number of anilines is 1. The molecule has 2 rings (SSSR count). The number of nitrogens with zero attached hydrogens (tertiary/aromatic N) is 1. The van der Waals surface area contributed by atoms with E-state index in [9.17, 15) is 24.5 Å². The van der Waals surface area contributed by atoms with E-state index in [1.165, 1.54) is 12.1 Å². The highest BCUT2D eigenvalue weighted by molar-refractivity contribution is 6.31. The molecule has 2 amide bonds. The van der Waals surface area contributed by atoms with E-state index in [-0.39, 0.29) is 34.8 Å². The number of halogens is 1. The number of rotatable bonds is 7. The van der Waals surface area contributed by atoms with Crippen LogP contribution in [0, 0.1) is 16.0 Å². The predicted molar refractivity (Wildman–Crippen MR) is 97.3 cm³/mol. The third-order valence-electron chi connectivity index (χ3n) is 4.18. The van der Waals surface area contributed by atoms with Gasteiger partial charge in [0.2, 0.25) is 5.91 Å². The van der Waals surface area contributed by atoms with Gasteiger partial charge in [0.15, 0.2) is 6.61 Å². The van der Waals surface area contributed by atoms with Crippen LogP contribution in [0.4, 0.5) is 11.4 Å². The lowest BCUT2D eigenvalue weighted by atomic mass is 9.89. The maximum Gasteiger partial charge on any atom is 0.325 e. The second-order valence-corrected chi connectivity index (χ2v) is 6.62. The first-order chi connectivity index (χ1) is 12.9. The number of benzene rings is 1. The third kappa shape index (κ3) is 6.52. The van der Waals surface area contributed by atoms with Crippen LogP contribution >= 0.6 is 11.6 Å². The van der Waals surface area contributed by atoms with E-state index in [4.69, 9.17) is 16.3 Å². The number of carbonyl (C=O) groups excluding carboxylic acids is 3. The quantitative estimate of drug-likeness (QED) is 0.413. The van der Waals surface area contributed by atoms with E-state index in [1.807, 2.05) is 0 Å². The molecule has 10 heteroatoms. The fraction of sp³-hybridized carbons (Fsp3) is 0.471. The highest BCUT2D eigenvalue weighted by atomic mass is 35.5. The van der Waals surface area contributed by atoms with Crippen molar-refractivity contribution in [2.45, 2.75) is 32.1 Å². The molecule has 1 aromatic carbocycles. The zero-order chi connectivity index (χ0) is 19.8. The van der Waals surface area contributed by atoms with Crippen LogP contribution in [0.1, 0.15) is 32.1 Å². The van der Waals surface area contributed by atoms with Crippen molar-refractivity contribution in [3.63, 3.8) is 0 Å². The first-order valence-corrected chi connectivity index (χ1v) is 8.91. The van der Waals surface area contributed by atoms with Crippen molar-refractivity contribution in [3.8, 4) is 0 Å². The Balaban J connectivity index is 1.76. The molecule has 2 N–H and O–H groups in total. The summed E-state index contributed by atoms with van der Waals surface area (Å²) in [6, 6.07) is 3.77. The average Bonchev–Trinajstić information content (AvgIpc) is 2.66. The topological polar surface area (TPSA) is 128 Å². The summed E-state index contributed by atoms with van der Waals surface area (Å²) in [7, 11) is 0. The van der Waals surface area contributed by atoms with Gasteiger partial charge in [-0.3, -0.25) is 24.5 Å². The molecule has 0 spiro atoms. The summed E-state index contributed by atoms with van der Waals surface area (Å²) in [5.74, 6) is -1.78. The molecule has 0 heterocycles. The summed E-state index contributed by atoms with van der Waals surface area (Å²) in [6.45, 7) is -0.957. The number of hydrogen-bond acceptors (Lipinski definition) is 6. The van der Waals surface area contributed by atoms with Crippen molar-refractivity contribution in [2.75, 3.05) is 18.5 Å². The third-order valence-corrected chi connectivity index (χ3v) is 4.41. The van der Waals surface area contributed by atoms with Crippen LogP contribution in [0.2, 0.25) is 5.02 Å². The Bertz CT molecular complexity index is 733. The van der Waals surface area contributed by atoms with E-state index in [2.05, 4.69) is 10.6 Å². The van der Waals surface area contributed by atoms with Crippen LogP contribution in [-0.2, 0) is 19.1 Å². The van der Waals surface area contributed by atoms with Gasteiger partial charge in [0, 0.05) is 17.0 Å². The van der Waals surface area contributed by atoms with Gasteiger partial charge in [-0.25, -0.2) is 0 Å². The molecule has 0 bridgehead atoms. The van der Waals surface area contributed by atoms with Gasteiger partial charge >= 0.3 is 5.97 Å². The van der Waals surface area contributed by atoms with Crippen LogP contribution in [0.15, 0.2) is 18.2 Å². The Morgan fingerprint density at radius 3 is 2.59 bits per heavy atom. The van der Waals surface area contributed by atoms with Crippen molar-refractivity contribution >= 4 is 40.8 Å². The van der Waals surface area contributed by atoms with Crippen molar-refractivity contribution in [1.29, 1.82) is 0 Å². The van der Waals surface area contributed by atoms with Crippen LogP contribution in [-0.4, -0.2) is 35.9 Å². The smallest absolute Gasteiger partial charge is 0.325 e. The SMILES string of the molecule is O=C(COC(=O)CNC(=O)C1CCCCC1)Nc1ccc(Cl)cc1[N+](=O)[O-]. The van der Waals surface area contributed by atoms with Gasteiger partial charge in [0.25, 0.3) is 11.6 Å². The molecular formula is C17H20ClN3O6. The zero-order valence-electron chi connectivity index (χ0n) is 14.5. The number of ether oxygens (including phenoxy) is 1. The largest absolute Gasteiger partial charge is 0.454 e. The Morgan fingerprint density at radius 1 is 1.22 bits per heavy atom. The molecular weight excluding hydrogens is 378 g/mol. The van der Waals surface area contributed by atoms with Gasteiger partial charge in [0.05, 0.1) is 4.92 Å². The minimum atomic E-state index is -0.764. The molecule has 0 aliphatic heterocycles. The van der Waals surface area contributed by atoms with Crippen molar-refractivity contribution in [2.24, 2.45) is 5.92 Å². The van der Waals surface area contributed by atoms with Gasteiger partial charge in [-0.15, -0.1) is 0 Å². The first kappa shape index (κ1) is 20.6. The normalized spacial score (nSPS) is 14.3. The van der Waals surface area contributed by atoms with E-state index in [0.29, 0.717) is 0 Å². The molecule has 9 nitrogen and oxygen atoms in total. The maximum atomic E-state index is 11.9. The molecule has 1 aromatic rings. The second-order valence-electron chi connectivity index (χ2n) is 6.18. The highest BCUT2D eigenvalue weighted by Crippen LogP contribution is 2.27. The zero-order valence-corrected chi connectivity index (χ0v) is 15.3. The number of carbonyl (C=O) groups is 3. The number of hydrogen-bond donors (Lipinski definition) is 2. The fourth-order valence-corrected chi connectivity index (χ4v) is 2.98. The number of nitro groups is 1. The Labute approximate surface area is 160 Å². The summed E-state index contributed by atoms with van der Waals surface area (Å²) < 4.78 is 4.78. The minimum Gasteiger partial charge on any atom is -0.454 e. The van der Waals surface area contributed by atoms with E-state index in [0.717, 1.165) is 38.2 Å². The molecule has 27 heavy (non-hydrogen) atoms. The van der Waals surface area contributed by atoms with Crippen LogP contribution in [0.25, 0.3) is 0 Å². The van der Waals surface area contributed by atoms with E-state index in [1.54, 1.807) is 0 Å². The van der Waals surface area contributed by atoms with Crippen LogP contribution < -0.4 is 10.6 Å². The minimum absolute atomic E-state index is 0.0592. The number of nitrogens with one attached hydrogen (secondary N) is 2. The van der Waals surface area contributed by atoms with Gasteiger partial charge in [0.1, 0.15) is 12.2 Å². The van der Waals surface area contributed by atoms with Crippen LogP contribution in [0.5, 0.6) is 0 Å². The molecule has 0 aromatic heterocycles.